The van der Waals surface area contributed by atoms with Crippen molar-refractivity contribution in [3.8, 4) is 0 Å². The largest absolute Gasteiger partial charge is 0.469 e. The minimum atomic E-state index is -4.77. The van der Waals surface area contributed by atoms with Crippen LogP contribution >= 0.6 is 7.82 Å². The molecule has 0 aliphatic carbocycles. The van der Waals surface area contributed by atoms with E-state index >= 15 is 0 Å². The van der Waals surface area contributed by atoms with E-state index in [9.17, 15) is 14.2 Å². The van der Waals surface area contributed by atoms with Gasteiger partial charge < -0.3 is 19.3 Å². The van der Waals surface area contributed by atoms with Crippen LogP contribution in [0, 0.1) is 0 Å². The maximum absolute atomic E-state index is 12.3. The summed E-state index contributed by atoms with van der Waals surface area (Å²) >= 11 is 0. The molecule has 294 valence electrons. The van der Waals surface area contributed by atoms with Crippen molar-refractivity contribution in [3.63, 3.8) is 0 Å². The van der Waals surface area contributed by atoms with Gasteiger partial charge in [0.25, 0.3) is 0 Å². The fourth-order valence-electron chi connectivity index (χ4n) is 5.38. The van der Waals surface area contributed by atoms with Crippen LogP contribution in [0.5, 0.6) is 0 Å². The van der Waals surface area contributed by atoms with Gasteiger partial charge >= 0.3 is 19.8 Å². The Morgan fingerprint density at radius 2 is 0.961 bits per heavy atom. The minimum absolute atomic E-state index is 0.163. The standard InChI is InChI=1S/C42H73O8P/c1-3-5-7-9-11-13-15-17-18-19-20-21-22-23-25-26-28-30-32-34-36-41(43)48-38-40(39-49-51(45,46)47)50-42(44)37-35-33-31-29-27-24-16-14-12-10-8-6-4-2/h6,8,10,12,14,16,20-21,24,27,40H,3-5,7,9,11,13,15,17-19,22-23,25-26,28-39H2,1-2H3,(H2,45,46,47)/b8-6+,12-10+,16-14+,21-20+,27-24+. The van der Waals surface area contributed by atoms with Crippen LogP contribution in [0.2, 0.25) is 0 Å². The first-order valence-electron chi connectivity index (χ1n) is 20.1. The number of esters is 2. The first-order chi connectivity index (χ1) is 24.8. The molecule has 1 atom stereocenters. The fraction of sp³-hybridized carbons (Fsp3) is 0.714. The van der Waals surface area contributed by atoms with Crippen LogP contribution in [0.3, 0.4) is 0 Å². The molecule has 0 aromatic heterocycles. The molecule has 0 amide bonds. The number of unbranched alkanes of at least 4 members (excludes halogenated alkanes) is 19. The number of allylic oxidation sites excluding steroid dienone is 10. The third kappa shape index (κ3) is 40.4. The van der Waals surface area contributed by atoms with Gasteiger partial charge in [-0.2, -0.15) is 0 Å². The van der Waals surface area contributed by atoms with Crippen LogP contribution < -0.4 is 0 Å². The van der Waals surface area contributed by atoms with Gasteiger partial charge in [-0.15, -0.1) is 0 Å². The summed E-state index contributed by atoms with van der Waals surface area (Å²) in [5.41, 5.74) is 0. The molecule has 0 bridgehead atoms. The summed E-state index contributed by atoms with van der Waals surface area (Å²) in [5.74, 6) is -0.938. The molecular formula is C42H73O8P. The van der Waals surface area contributed by atoms with E-state index in [1.54, 1.807) is 0 Å². The molecule has 0 aliphatic rings. The minimum Gasteiger partial charge on any atom is -0.462 e. The monoisotopic (exact) mass is 737 g/mol. The van der Waals surface area contributed by atoms with Crippen LogP contribution in [0.4, 0.5) is 0 Å². The number of rotatable bonds is 36. The summed E-state index contributed by atoms with van der Waals surface area (Å²) < 4.78 is 26.3. The number of hydrogen-bond acceptors (Lipinski definition) is 6. The molecule has 0 aromatic carbocycles. The zero-order chi connectivity index (χ0) is 37.5. The van der Waals surface area contributed by atoms with Crippen molar-refractivity contribution in [1.29, 1.82) is 0 Å². The van der Waals surface area contributed by atoms with Gasteiger partial charge in [-0.25, -0.2) is 4.57 Å². The highest BCUT2D eigenvalue weighted by Gasteiger charge is 2.22. The van der Waals surface area contributed by atoms with Gasteiger partial charge in [-0.3, -0.25) is 14.1 Å². The first kappa shape index (κ1) is 48.8. The van der Waals surface area contributed by atoms with Crippen molar-refractivity contribution in [2.45, 2.75) is 180 Å². The molecule has 0 rings (SSSR count). The van der Waals surface area contributed by atoms with Gasteiger partial charge in [0.15, 0.2) is 6.10 Å². The summed E-state index contributed by atoms with van der Waals surface area (Å²) in [4.78, 5) is 42.7. The van der Waals surface area contributed by atoms with Crippen LogP contribution in [-0.2, 0) is 28.2 Å². The molecule has 0 aliphatic heterocycles. The summed E-state index contributed by atoms with van der Waals surface area (Å²) in [7, 11) is -4.77. The second kappa shape index (κ2) is 37.5. The van der Waals surface area contributed by atoms with Crippen molar-refractivity contribution in [3.05, 3.63) is 60.8 Å². The zero-order valence-electron chi connectivity index (χ0n) is 32.2. The quantitative estimate of drug-likeness (QED) is 0.0214. The summed E-state index contributed by atoms with van der Waals surface area (Å²) in [6, 6.07) is 0. The van der Waals surface area contributed by atoms with Gasteiger partial charge in [0.2, 0.25) is 0 Å². The Balaban J connectivity index is 3.96. The van der Waals surface area contributed by atoms with Gasteiger partial charge in [-0.1, -0.05) is 164 Å². The highest BCUT2D eigenvalue weighted by molar-refractivity contribution is 7.46. The van der Waals surface area contributed by atoms with Gasteiger partial charge in [0.1, 0.15) is 6.61 Å². The Kier molecular flexibility index (Phi) is 35.9. The lowest BCUT2D eigenvalue weighted by Gasteiger charge is -2.18. The van der Waals surface area contributed by atoms with Gasteiger partial charge in [0.05, 0.1) is 6.61 Å². The summed E-state index contributed by atoms with van der Waals surface area (Å²) in [6.07, 6.45) is 46.7. The third-order valence-corrected chi connectivity index (χ3v) is 8.85. The van der Waals surface area contributed by atoms with E-state index in [1.165, 1.54) is 83.5 Å². The molecule has 2 N–H and O–H groups in total. The maximum Gasteiger partial charge on any atom is 0.469 e. The summed E-state index contributed by atoms with van der Waals surface area (Å²) in [6.45, 7) is 3.50. The number of carbonyl (C=O) groups is 2. The van der Waals surface area contributed by atoms with E-state index in [0.29, 0.717) is 12.8 Å². The summed E-state index contributed by atoms with van der Waals surface area (Å²) in [5, 5.41) is 0. The smallest absolute Gasteiger partial charge is 0.462 e. The van der Waals surface area contributed by atoms with Crippen LogP contribution in [-0.4, -0.2) is 41.0 Å². The number of carbonyl (C=O) groups excluding carboxylic acids is 2. The molecule has 1 unspecified atom stereocenters. The lowest BCUT2D eigenvalue weighted by molar-refractivity contribution is -0.161. The maximum atomic E-state index is 12.3. The molecule has 0 radical (unpaired) electrons. The molecule has 0 aromatic rings. The molecule has 9 heteroatoms. The Bertz CT molecular complexity index is 1010. The number of phosphoric acid groups is 1. The second-order valence-corrected chi connectivity index (χ2v) is 14.6. The Morgan fingerprint density at radius 1 is 0.529 bits per heavy atom. The normalized spacial score (nSPS) is 13.1. The average Bonchev–Trinajstić information content (AvgIpc) is 3.10. The number of hydrogen-bond donors (Lipinski definition) is 2. The zero-order valence-corrected chi connectivity index (χ0v) is 33.1. The van der Waals surface area contributed by atoms with Crippen molar-refractivity contribution in [2.24, 2.45) is 0 Å². The molecule has 0 heterocycles. The molecule has 8 nitrogen and oxygen atoms in total. The fourth-order valence-corrected chi connectivity index (χ4v) is 5.74. The van der Waals surface area contributed by atoms with E-state index in [4.69, 9.17) is 19.3 Å². The van der Waals surface area contributed by atoms with Crippen molar-refractivity contribution < 1.29 is 37.9 Å². The second-order valence-electron chi connectivity index (χ2n) is 13.3. The van der Waals surface area contributed by atoms with Crippen LogP contribution in [0.15, 0.2) is 60.8 Å². The molecule has 51 heavy (non-hydrogen) atoms. The van der Waals surface area contributed by atoms with Gasteiger partial charge in [-0.05, 0) is 57.8 Å². The Morgan fingerprint density at radius 3 is 1.49 bits per heavy atom. The predicted octanol–water partition coefficient (Wildman–Crippen LogP) is 12.1. The third-order valence-electron chi connectivity index (χ3n) is 8.36. The molecule has 0 saturated carbocycles. The Labute approximate surface area is 311 Å². The topological polar surface area (TPSA) is 119 Å². The predicted molar refractivity (Wildman–Crippen MR) is 211 cm³/mol. The molecular weight excluding hydrogens is 663 g/mol. The number of phosphoric ester groups is 1. The van der Waals surface area contributed by atoms with E-state index in [-0.39, 0.29) is 19.4 Å². The highest BCUT2D eigenvalue weighted by Crippen LogP contribution is 2.36. The average molecular weight is 737 g/mol. The lowest BCUT2D eigenvalue weighted by atomic mass is 10.1. The van der Waals surface area contributed by atoms with Crippen molar-refractivity contribution in [1.82, 2.24) is 0 Å². The molecule has 0 fully saturated rings. The van der Waals surface area contributed by atoms with Crippen LogP contribution in [0.25, 0.3) is 0 Å². The van der Waals surface area contributed by atoms with E-state index in [1.807, 2.05) is 36.5 Å². The Hall–Kier alpha value is -2.25. The first-order valence-corrected chi connectivity index (χ1v) is 21.7. The van der Waals surface area contributed by atoms with E-state index < -0.39 is 32.5 Å². The van der Waals surface area contributed by atoms with Crippen LogP contribution in [0.1, 0.15) is 174 Å². The van der Waals surface area contributed by atoms with Gasteiger partial charge in [0, 0.05) is 12.8 Å². The molecule has 0 saturated heterocycles. The van der Waals surface area contributed by atoms with E-state index in [0.717, 1.165) is 51.4 Å². The highest BCUT2D eigenvalue weighted by atomic mass is 31.2. The molecule has 0 spiro atoms. The van der Waals surface area contributed by atoms with Crippen molar-refractivity contribution in [2.75, 3.05) is 13.2 Å². The number of ether oxygens (including phenoxy) is 2. The van der Waals surface area contributed by atoms with Crippen molar-refractivity contribution >= 4 is 19.8 Å². The lowest BCUT2D eigenvalue weighted by Crippen LogP contribution is -2.29. The van der Waals surface area contributed by atoms with E-state index in [2.05, 4.69) is 42.7 Å². The SMILES string of the molecule is CC/C=C/C=C/C=C/C=C/CCCCCC(=O)OC(COC(=O)CCCCCCCCC/C=C/CCCCCCCCCCC)COP(=O)(O)O.